The quantitative estimate of drug-likeness (QED) is 0.647. The van der Waals surface area contributed by atoms with Gasteiger partial charge in [-0.2, -0.15) is 0 Å². The minimum Gasteiger partial charge on any atom is -0.465 e. The molecule has 114 valence electrons. The summed E-state index contributed by atoms with van der Waals surface area (Å²) in [5, 5.41) is 20.0. The number of aliphatic hydroxyl groups excluding tert-OH is 1. The third kappa shape index (κ3) is 4.90. The Morgan fingerprint density at radius 2 is 2.30 bits per heavy atom. The van der Waals surface area contributed by atoms with E-state index in [4.69, 9.17) is 9.84 Å². The van der Waals surface area contributed by atoms with E-state index in [2.05, 4.69) is 15.6 Å². The second-order valence-corrected chi connectivity index (χ2v) is 4.64. The van der Waals surface area contributed by atoms with Gasteiger partial charge in [-0.1, -0.05) is 12.1 Å². The van der Waals surface area contributed by atoms with Gasteiger partial charge in [-0.25, -0.2) is 4.79 Å². The van der Waals surface area contributed by atoms with Crippen LogP contribution in [-0.2, 0) is 16.1 Å². The molecule has 1 aromatic heterocycles. The lowest BCUT2D eigenvalue weighted by atomic mass is 10.1. The fourth-order valence-corrected chi connectivity index (χ4v) is 1.69. The highest BCUT2D eigenvalue weighted by Crippen LogP contribution is 2.13. The highest BCUT2D eigenvalue weighted by molar-refractivity contribution is 5.76. The largest absolute Gasteiger partial charge is 0.465 e. The van der Waals surface area contributed by atoms with Gasteiger partial charge in [-0.15, -0.1) is 5.10 Å². The standard InChI is InChI=1S/C13H24N4O3/c1-4-10(3)14-12(13(19)20-5-2)11-9-17(16-15-11)7-6-8-18/h9-10,12,14,18H,4-8H2,1-3H3. The van der Waals surface area contributed by atoms with Crippen molar-refractivity contribution >= 4 is 5.97 Å². The van der Waals surface area contributed by atoms with Gasteiger partial charge in [-0.05, 0) is 26.7 Å². The monoisotopic (exact) mass is 284 g/mol. The van der Waals surface area contributed by atoms with Crippen molar-refractivity contribution in [1.82, 2.24) is 20.3 Å². The van der Waals surface area contributed by atoms with Crippen LogP contribution in [0.2, 0.25) is 0 Å². The molecular weight excluding hydrogens is 260 g/mol. The minimum atomic E-state index is -0.604. The number of aryl methyl sites for hydroxylation is 1. The fraction of sp³-hybridized carbons (Fsp3) is 0.769. The number of ether oxygens (including phenoxy) is 1. The zero-order valence-electron chi connectivity index (χ0n) is 12.4. The fourth-order valence-electron chi connectivity index (χ4n) is 1.69. The van der Waals surface area contributed by atoms with Gasteiger partial charge in [0.05, 0.1) is 12.8 Å². The lowest BCUT2D eigenvalue weighted by Crippen LogP contribution is -2.36. The van der Waals surface area contributed by atoms with Crippen LogP contribution < -0.4 is 5.32 Å². The average molecular weight is 284 g/mol. The molecule has 2 atom stereocenters. The lowest BCUT2D eigenvalue weighted by Gasteiger charge is -2.19. The predicted octanol–water partition coefficient (Wildman–Crippen LogP) is 0.653. The summed E-state index contributed by atoms with van der Waals surface area (Å²) in [6.07, 6.45) is 3.22. The van der Waals surface area contributed by atoms with Crippen molar-refractivity contribution < 1.29 is 14.6 Å². The van der Waals surface area contributed by atoms with Crippen molar-refractivity contribution in [1.29, 1.82) is 0 Å². The number of nitrogens with one attached hydrogen (secondary N) is 1. The number of rotatable bonds is 9. The first-order valence-electron chi connectivity index (χ1n) is 7.05. The third-order valence-electron chi connectivity index (χ3n) is 2.98. The molecule has 1 aromatic rings. The molecule has 0 radical (unpaired) electrons. The van der Waals surface area contributed by atoms with Gasteiger partial charge in [-0.3, -0.25) is 10.00 Å². The molecule has 2 N–H and O–H groups in total. The van der Waals surface area contributed by atoms with E-state index in [-0.39, 0.29) is 18.6 Å². The van der Waals surface area contributed by atoms with Crippen molar-refractivity contribution in [3.8, 4) is 0 Å². The Labute approximate surface area is 119 Å². The van der Waals surface area contributed by atoms with Crippen LogP contribution in [0.3, 0.4) is 0 Å². The van der Waals surface area contributed by atoms with Crippen LogP contribution in [0.4, 0.5) is 0 Å². The summed E-state index contributed by atoms with van der Waals surface area (Å²) in [7, 11) is 0. The second kappa shape index (κ2) is 8.65. The molecular formula is C13H24N4O3. The molecule has 2 unspecified atom stereocenters. The van der Waals surface area contributed by atoms with Crippen molar-refractivity contribution in [2.24, 2.45) is 0 Å². The van der Waals surface area contributed by atoms with Gasteiger partial charge < -0.3 is 9.84 Å². The van der Waals surface area contributed by atoms with Crippen LogP contribution in [0.25, 0.3) is 0 Å². The van der Waals surface area contributed by atoms with Crippen molar-refractivity contribution in [3.63, 3.8) is 0 Å². The first kappa shape index (κ1) is 16.6. The number of aromatic nitrogens is 3. The van der Waals surface area contributed by atoms with E-state index in [0.717, 1.165) is 6.42 Å². The molecule has 0 bridgehead atoms. The number of carbonyl (C=O) groups excluding carboxylic acids is 1. The zero-order chi connectivity index (χ0) is 15.0. The van der Waals surface area contributed by atoms with Crippen molar-refractivity contribution in [2.45, 2.75) is 52.2 Å². The molecule has 0 amide bonds. The number of hydrogen-bond acceptors (Lipinski definition) is 6. The van der Waals surface area contributed by atoms with Crippen molar-refractivity contribution in [2.75, 3.05) is 13.2 Å². The average Bonchev–Trinajstić information content (AvgIpc) is 2.90. The van der Waals surface area contributed by atoms with E-state index in [1.165, 1.54) is 0 Å². The molecule has 7 nitrogen and oxygen atoms in total. The normalized spacial score (nSPS) is 14.0. The van der Waals surface area contributed by atoms with Crippen LogP contribution in [0.15, 0.2) is 6.20 Å². The van der Waals surface area contributed by atoms with Crippen LogP contribution in [0, 0.1) is 0 Å². The first-order valence-corrected chi connectivity index (χ1v) is 7.05. The molecule has 0 aliphatic rings. The molecule has 0 saturated heterocycles. The molecule has 0 aromatic carbocycles. The maximum Gasteiger partial charge on any atom is 0.329 e. The molecule has 0 aliphatic carbocycles. The topological polar surface area (TPSA) is 89.3 Å². The summed E-state index contributed by atoms with van der Waals surface area (Å²) in [6, 6.07) is -0.431. The molecule has 1 heterocycles. The van der Waals surface area contributed by atoms with E-state index in [9.17, 15) is 4.79 Å². The van der Waals surface area contributed by atoms with E-state index < -0.39 is 6.04 Å². The summed E-state index contributed by atoms with van der Waals surface area (Å²) < 4.78 is 6.70. The molecule has 0 saturated carbocycles. The molecule has 1 rings (SSSR count). The van der Waals surface area contributed by atoms with Gasteiger partial charge in [0.2, 0.25) is 0 Å². The Balaban J connectivity index is 2.80. The van der Waals surface area contributed by atoms with Crippen LogP contribution in [-0.4, -0.2) is 45.3 Å². The van der Waals surface area contributed by atoms with Crippen LogP contribution in [0.5, 0.6) is 0 Å². The minimum absolute atomic E-state index is 0.0988. The number of nitrogens with zero attached hydrogens (tertiary/aromatic N) is 3. The van der Waals surface area contributed by atoms with E-state index in [1.807, 2.05) is 13.8 Å². The van der Waals surface area contributed by atoms with Gasteiger partial charge in [0.15, 0.2) is 6.04 Å². The summed E-state index contributed by atoms with van der Waals surface area (Å²) in [4.78, 5) is 12.0. The summed E-state index contributed by atoms with van der Waals surface area (Å²) in [5.41, 5.74) is 0.543. The molecule has 0 spiro atoms. The zero-order valence-corrected chi connectivity index (χ0v) is 12.4. The highest BCUT2D eigenvalue weighted by atomic mass is 16.5. The van der Waals surface area contributed by atoms with E-state index in [0.29, 0.717) is 25.3 Å². The Hall–Kier alpha value is -1.47. The summed E-state index contributed by atoms with van der Waals surface area (Å²) in [5.74, 6) is -0.345. The van der Waals surface area contributed by atoms with Crippen molar-refractivity contribution in [3.05, 3.63) is 11.9 Å². The Morgan fingerprint density at radius 1 is 1.55 bits per heavy atom. The molecule has 0 aliphatic heterocycles. The molecule has 20 heavy (non-hydrogen) atoms. The SMILES string of the molecule is CCOC(=O)C(NC(C)CC)c1cn(CCCO)nn1. The number of hydrogen-bond donors (Lipinski definition) is 2. The number of aliphatic hydroxyl groups is 1. The van der Waals surface area contributed by atoms with Crippen LogP contribution >= 0.6 is 0 Å². The first-order chi connectivity index (χ1) is 9.62. The number of esters is 1. The van der Waals surface area contributed by atoms with E-state index >= 15 is 0 Å². The Kier molecular flexibility index (Phi) is 7.17. The smallest absolute Gasteiger partial charge is 0.329 e. The van der Waals surface area contributed by atoms with E-state index in [1.54, 1.807) is 17.8 Å². The Morgan fingerprint density at radius 3 is 2.90 bits per heavy atom. The maximum atomic E-state index is 12.0. The second-order valence-electron chi connectivity index (χ2n) is 4.64. The Bertz CT molecular complexity index is 408. The van der Waals surface area contributed by atoms with Crippen LogP contribution in [0.1, 0.15) is 45.3 Å². The highest BCUT2D eigenvalue weighted by Gasteiger charge is 2.26. The summed E-state index contributed by atoms with van der Waals surface area (Å²) in [6.45, 7) is 6.82. The molecule has 0 fully saturated rings. The maximum absolute atomic E-state index is 12.0. The predicted molar refractivity (Wildman–Crippen MR) is 74.0 cm³/mol. The molecule has 7 heteroatoms. The third-order valence-corrected chi connectivity index (χ3v) is 2.98. The van der Waals surface area contributed by atoms with Gasteiger partial charge >= 0.3 is 5.97 Å². The van der Waals surface area contributed by atoms with Gasteiger partial charge in [0.25, 0.3) is 0 Å². The summed E-state index contributed by atoms with van der Waals surface area (Å²) >= 11 is 0. The number of carbonyl (C=O) groups is 1. The van der Waals surface area contributed by atoms with Gasteiger partial charge in [0.1, 0.15) is 5.69 Å². The van der Waals surface area contributed by atoms with Gasteiger partial charge in [0, 0.05) is 19.2 Å². The lowest BCUT2D eigenvalue weighted by molar-refractivity contribution is -0.146.